The molecule has 0 unspecified atom stereocenters. The van der Waals surface area contributed by atoms with Gasteiger partial charge in [0.05, 0.1) is 0 Å². The van der Waals surface area contributed by atoms with Crippen LogP contribution in [0.5, 0.6) is 11.5 Å². The first kappa shape index (κ1) is 17.4. The molecule has 8 rings (SSSR count). The zero-order chi connectivity index (χ0) is 19.6. The van der Waals surface area contributed by atoms with Gasteiger partial charge in [0.1, 0.15) is 11.7 Å². The molecule has 0 aromatic heterocycles. The third kappa shape index (κ3) is 1.74. The Hall–Kier alpha value is -1.30. The van der Waals surface area contributed by atoms with E-state index >= 15 is 0 Å². The van der Waals surface area contributed by atoms with Gasteiger partial charge in [-0.1, -0.05) is 6.07 Å². The third-order valence-corrected chi connectivity index (χ3v) is 10.0. The molecular weight excluding hydrogens is 366 g/mol. The van der Waals surface area contributed by atoms with Crippen LogP contribution in [0.1, 0.15) is 49.7 Å². The van der Waals surface area contributed by atoms with Crippen LogP contribution in [0, 0.1) is 17.3 Å². The Morgan fingerprint density at radius 2 is 2.10 bits per heavy atom. The number of phenols is 1. The summed E-state index contributed by atoms with van der Waals surface area (Å²) in [6, 6.07) is 4.48. The van der Waals surface area contributed by atoms with Crippen molar-refractivity contribution in [2.75, 3.05) is 26.8 Å². The van der Waals surface area contributed by atoms with Gasteiger partial charge in [-0.2, -0.15) is 0 Å². The summed E-state index contributed by atoms with van der Waals surface area (Å²) in [5.41, 5.74) is 2.24. The lowest BCUT2D eigenvalue weighted by atomic mass is 9.35. The van der Waals surface area contributed by atoms with Crippen molar-refractivity contribution >= 4 is 0 Å². The molecule has 2 aliphatic heterocycles. The van der Waals surface area contributed by atoms with Gasteiger partial charge in [-0.05, 0) is 69.0 Å². The summed E-state index contributed by atoms with van der Waals surface area (Å²) in [5.74, 6) is 1.97. The van der Waals surface area contributed by atoms with E-state index in [9.17, 15) is 10.2 Å². The average Bonchev–Trinajstić information content (AvgIpc) is 3.48. The molecule has 7 aliphatic rings. The van der Waals surface area contributed by atoms with Crippen LogP contribution in [0.2, 0.25) is 0 Å². The van der Waals surface area contributed by atoms with Gasteiger partial charge in [0, 0.05) is 48.6 Å². The first-order chi connectivity index (χ1) is 14.1. The Bertz CT molecular complexity index is 899. The van der Waals surface area contributed by atoms with E-state index in [2.05, 4.69) is 11.0 Å². The van der Waals surface area contributed by atoms with Gasteiger partial charge in [-0.3, -0.25) is 4.90 Å². The summed E-state index contributed by atoms with van der Waals surface area (Å²) < 4.78 is 13.0. The summed E-state index contributed by atoms with van der Waals surface area (Å²) in [4.78, 5) is 2.80. The number of ether oxygens (including phenoxy) is 2. The molecule has 5 fully saturated rings. The van der Waals surface area contributed by atoms with Gasteiger partial charge in [-0.25, -0.2) is 0 Å². The highest BCUT2D eigenvalue weighted by Crippen LogP contribution is 2.76. The SMILES string of the molecule is CO[C@]12CC[C@@]3(C[C@@H]1CO)[C@H]1Cc4ccc(O)c5c4[C@@]3(CCN1CC1CC1)[C@H]2O5. The van der Waals surface area contributed by atoms with Crippen LogP contribution >= 0.6 is 0 Å². The van der Waals surface area contributed by atoms with Crippen LogP contribution in [-0.2, 0) is 16.6 Å². The Kier molecular flexibility index (Phi) is 3.18. The number of piperidine rings is 1. The molecule has 2 heterocycles. The van der Waals surface area contributed by atoms with Gasteiger partial charge in [0.15, 0.2) is 11.5 Å². The summed E-state index contributed by atoms with van der Waals surface area (Å²) in [5, 5.41) is 21.1. The predicted molar refractivity (Wildman–Crippen MR) is 107 cm³/mol. The number of aromatic hydroxyl groups is 1. The van der Waals surface area contributed by atoms with E-state index in [0.29, 0.717) is 11.8 Å². The number of nitrogens with zero attached hydrogens (tertiary/aromatic N) is 1. The minimum absolute atomic E-state index is 0.0840. The van der Waals surface area contributed by atoms with Gasteiger partial charge in [-0.15, -0.1) is 0 Å². The van der Waals surface area contributed by atoms with E-state index in [1.54, 1.807) is 7.11 Å². The lowest BCUT2D eigenvalue weighted by molar-refractivity contribution is -0.281. The van der Waals surface area contributed by atoms with E-state index in [1.165, 1.54) is 30.5 Å². The number of likely N-dealkylation sites (tertiary alicyclic amines) is 1. The zero-order valence-corrected chi connectivity index (χ0v) is 17.2. The second-order valence-electron chi connectivity index (χ2n) is 10.7. The number of phenolic OH excluding ortho intramolecular Hbond substituents is 1. The fraction of sp³-hybridized carbons (Fsp3) is 0.750. The number of hydrogen-bond donors (Lipinski definition) is 2. The molecule has 29 heavy (non-hydrogen) atoms. The van der Waals surface area contributed by atoms with E-state index in [4.69, 9.17) is 9.47 Å². The van der Waals surface area contributed by atoms with Crippen LogP contribution < -0.4 is 4.74 Å². The lowest BCUT2D eigenvalue weighted by Crippen LogP contribution is -2.81. The number of benzene rings is 1. The molecular formula is C24H31NO4. The second-order valence-corrected chi connectivity index (χ2v) is 10.7. The van der Waals surface area contributed by atoms with Crippen LogP contribution in [0.15, 0.2) is 12.1 Å². The fourth-order valence-electron chi connectivity index (χ4n) is 8.76. The van der Waals surface area contributed by atoms with Crippen LogP contribution in [-0.4, -0.2) is 59.7 Å². The average molecular weight is 398 g/mol. The van der Waals surface area contributed by atoms with Crippen LogP contribution in [0.25, 0.3) is 0 Å². The van der Waals surface area contributed by atoms with Crippen molar-refractivity contribution < 1.29 is 19.7 Å². The van der Waals surface area contributed by atoms with Crippen molar-refractivity contribution in [3.63, 3.8) is 0 Å². The summed E-state index contributed by atoms with van der Waals surface area (Å²) in [7, 11) is 1.80. The van der Waals surface area contributed by atoms with Gasteiger partial charge < -0.3 is 19.7 Å². The van der Waals surface area contributed by atoms with Crippen molar-refractivity contribution in [2.24, 2.45) is 17.3 Å². The monoisotopic (exact) mass is 397 g/mol. The Labute approximate surface area is 172 Å². The molecule has 5 aliphatic carbocycles. The molecule has 4 bridgehead atoms. The van der Waals surface area contributed by atoms with Gasteiger partial charge >= 0.3 is 0 Å². The van der Waals surface area contributed by atoms with Crippen molar-refractivity contribution in [2.45, 2.75) is 68.1 Å². The maximum Gasteiger partial charge on any atom is 0.165 e. The normalized spacial score (nSPS) is 46.5. The molecule has 156 valence electrons. The van der Waals surface area contributed by atoms with E-state index in [1.807, 2.05) is 6.07 Å². The molecule has 4 saturated carbocycles. The maximum absolute atomic E-state index is 10.7. The standard InChI is InChI=1S/C24H31NO4/c1-28-24-7-6-22(11-16(24)13-26)18-10-15-4-5-17(27)20-19(15)23(22,21(24)29-20)8-9-25(18)12-14-2-3-14/h4-5,14,16,18,21,26-27H,2-3,6-13H2,1H3/t16-,18-,21-,22-,23+,24-/m1/s1. The minimum Gasteiger partial charge on any atom is -0.504 e. The Morgan fingerprint density at radius 1 is 1.24 bits per heavy atom. The molecule has 1 aromatic carbocycles. The number of methoxy groups -OCH3 is 1. The first-order valence-corrected chi connectivity index (χ1v) is 11.5. The van der Waals surface area contributed by atoms with Crippen molar-refractivity contribution in [3.05, 3.63) is 23.3 Å². The van der Waals surface area contributed by atoms with Gasteiger partial charge in [0.25, 0.3) is 0 Å². The smallest absolute Gasteiger partial charge is 0.165 e. The topological polar surface area (TPSA) is 62.2 Å². The van der Waals surface area contributed by atoms with Gasteiger partial charge in [0.2, 0.25) is 0 Å². The highest BCUT2D eigenvalue weighted by molar-refractivity contribution is 5.63. The number of aliphatic hydroxyl groups is 1. The summed E-state index contributed by atoms with van der Waals surface area (Å²) in [6.45, 7) is 2.49. The number of rotatable bonds is 4. The van der Waals surface area contributed by atoms with E-state index in [-0.39, 0.29) is 35.2 Å². The maximum atomic E-state index is 10.7. The summed E-state index contributed by atoms with van der Waals surface area (Å²) in [6.07, 6.45) is 7.88. The number of aliphatic hydroxyl groups excluding tert-OH is 1. The van der Waals surface area contributed by atoms with Crippen LogP contribution in [0.3, 0.4) is 0 Å². The van der Waals surface area contributed by atoms with E-state index in [0.717, 1.165) is 44.6 Å². The quantitative estimate of drug-likeness (QED) is 0.818. The number of hydrogen-bond acceptors (Lipinski definition) is 5. The van der Waals surface area contributed by atoms with Crippen molar-refractivity contribution in [1.29, 1.82) is 0 Å². The highest BCUT2D eigenvalue weighted by Gasteiger charge is 2.80. The molecule has 2 spiro atoms. The summed E-state index contributed by atoms with van der Waals surface area (Å²) >= 11 is 0. The molecule has 6 atom stereocenters. The molecule has 5 heteroatoms. The third-order valence-electron chi connectivity index (χ3n) is 10.0. The minimum atomic E-state index is -0.459. The zero-order valence-electron chi connectivity index (χ0n) is 17.2. The number of fused-ring (bicyclic) bond motifs is 2. The van der Waals surface area contributed by atoms with E-state index < -0.39 is 5.60 Å². The molecule has 0 radical (unpaired) electrons. The lowest BCUT2D eigenvalue weighted by Gasteiger charge is -2.73. The Balaban J connectivity index is 1.48. The Morgan fingerprint density at radius 3 is 2.86 bits per heavy atom. The van der Waals surface area contributed by atoms with Crippen molar-refractivity contribution in [3.8, 4) is 11.5 Å². The largest absolute Gasteiger partial charge is 0.504 e. The predicted octanol–water partition coefficient (Wildman–Crippen LogP) is 2.61. The molecule has 1 aromatic rings. The molecule has 1 saturated heterocycles. The second kappa shape index (κ2) is 5.30. The molecule has 2 N–H and O–H groups in total. The molecule has 0 amide bonds. The van der Waals surface area contributed by atoms with Crippen molar-refractivity contribution in [1.82, 2.24) is 4.90 Å². The van der Waals surface area contributed by atoms with Crippen LogP contribution in [0.4, 0.5) is 0 Å². The first-order valence-electron chi connectivity index (χ1n) is 11.5. The molecule has 5 nitrogen and oxygen atoms in total. The highest BCUT2D eigenvalue weighted by atomic mass is 16.6. The fourth-order valence-corrected chi connectivity index (χ4v) is 8.76.